The molecule has 0 spiro atoms. The second-order valence-electron chi connectivity index (χ2n) is 6.19. The van der Waals surface area contributed by atoms with Crippen LogP contribution in [0.4, 0.5) is 18.3 Å². The number of benzene rings is 1. The van der Waals surface area contributed by atoms with E-state index in [4.69, 9.17) is 11.6 Å². The third-order valence-corrected chi connectivity index (χ3v) is 5.88. The summed E-state index contributed by atoms with van der Waals surface area (Å²) in [5, 5.41) is 3.39. The van der Waals surface area contributed by atoms with Gasteiger partial charge in [-0.1, -0.05) is 17.7 Å². The van der Waals surface area contributed by atoms with Crippen molar-refractivity contribution in [3.8, 4) is 11.3 Å². The number of aromatic nitrogens is 1. The van der Waals surface area contributed by atoms with Gasteiger partial charge < -0.3 is 5.32 Å². The second kappa shape index (κ2) is 7.13. The minimum atomic E-state index is -4.49. The van der Waals surface area contributed by atoms with Crippen LogP contribution in [0.25, 0.3) is 11.3 Å². The normalized spacial score (nSPS) is 18.7. The van der Waals surface area contributed by atoms with Gasteiger partial charge in [-0.2, -0.15) is 13.2 Å². The lowest BCUT2D eigenvalue weighted by molar-refractivity contribution is -0.137. The van der Waals surface area contributed by atoms with Crippen LogP contribution in [0.15, 0.2) is 18.2 Å². The fraction of sp³-hybridized carbons (Fsp3) is 0.471. The molecule has 3 nitrogen and oxygen atoms in total. The number of rotatable bonds is 4. The molecule has 1 saturated heterocycles. The SMILES string of the molecule is CNc1nc(-c2ccc(Cl)c(C(F)(F)F)c2)c(CN2CCCC2C)s1. The molecule has 1 aromatic heterocycles. The number of thiazole rings is 1. The van der Waals surface area contributed by atoms with E-state index in [0.29, 0.717) is 29.0 Å². The number of hydrogen-bond donors (Lipinski definition) is 1. The summed E-state index contributed by atoms with van der Waals surface area (Å²) in [4.78, 5) is 7.80. The van der Waals surface area contributed by atoms with Crippen LogP contribution in [-0.4, -0.2) is 29.5 Å². The predicted octanol–water partition coefficient (Wildman–Crippen LogP) is 5.51. The zero-order chi connectivity index (χ0) is 18.2. The molecule has 0 amide bonds. The van der Waals surface area contributed by atoms with Crippen molar-refractivity contribution in [3.05, 3.63) is 33.7 Å². The van der Waals surface area contributed by atoms with Gasteiger partial charge in [-0.05, 0) is 38.4 Å². The molecule has 3 rings (SSSR count). The van der Waals surface area contributed by atoms with Crippen molar-refractivity contribution in [2.24, 2.45) is 0 Å². The van der Waals surface area contributed by atoms with Crippen LogP contribution < -0.4 is 5.32 Å². The van der Waals surface area contributed by atoms with Gasteiger partial charge in [0.15, 0.2) is 5.13 Å². The molecule has 0 saturated carbocycles. The third-order valence-electron chi connectivity index (χ3n) is 4.49. The van der Waals surface area contributed by atoms with E-state index in [1.165, 1.54) is 17.4 Å². The van der Waals surface area contributed by atoms with Crippen LogP contribution in [0.1, 0.15) is 30.2 Å². The molecule has 1 atom stereocenters. The van der Waals surface area contributed by atoms with Gasteiger partial charge in [-0.3, -0.25) is 4.90 Å². The van der Waals surface area contributed by atoms with Gasteiger partial charge in [-0.15, -0.1) is 11.3 Å². The van der Waals surface area contributed by atoms with E-state index in [1.807, 2.05) is 0 Å². The van der Waals surface area contributed by atoms with Crippen molar-refractivity contribution in [3.63, 3.8) is 0 Å². The van der Waals surface area contributed by atoms with Crippen molar-refractivity contribution < 1.29 is 13.2 Å². The fourth-order valence-electron chi connectivity index (χ4n) is 3.09. The van der Waals surface area contributed by atoms with Crippen molar-refractivity contribution in [1.29, 1.82) is 0 Å². The molecule has 1 fully saturated rings. The van der Waals surface area contributed by atoms with Crippen LogP contribution in [-0.2, 0) is 12.7 Å². The maximum Gasteiger partial charge on any atom is 0.417 e. The highest BCUT2D eigenvalue weighted by Gasteiger charge is 2.34. The summed E-state index contributed by atoms with van der Waals surface area (Å²) in [5.74, 6) is 0. The molecule has 1 aliphatic rings. The van der Waals surface area contributed by atoms with E-state index in [9.17, 15) is 13.2 Å². The standard InChI is InChI=1S/C17H19ClF3N3S/c1-10-4-3-7-24(10)9-14-15(23-16(22-2)25-14)11-5-6-13(18)12(8-11)17(19,20)21/h5-6,8,10H,3-4,7,9H2,1-2H3,(H,22,23). The largest absolute Gasteiger partial charge is 0.417 e. The highest BCUT2D eigenvalue weighted by atomic mass is 35.5. The molecule has 136 valence electrons. The summed E-state index contributed by atoms with van der Waals surface area (Å²) in [6.07, 6.45) is -2.20. The Balaban J connectivity index is 2.00. The summed E-state index contributed by atoms with van der Waals surface area (Å²) in [5.41, 5.74) is 0.207. The highest BCUT2D eigenvalue weighted by molar-refractivity contribution is 7.16. The lowest BCUT2D eigenvalue weighted by Crippen LogP contribution is -2.25. The molecule has 8 heteroatoms. The molecule has 0 bridgehead atoms. The van der Waals surface area contributed by atoms with Crippen LogP contribution >= 0.6 is 22.9 Å². The number of halogens is 4. The van der Waals surface area contributed by atoms with Crippen LogP contribution in [0.5, 0.6) is 0 Å². The van der Waals surface area contributed by atoms with Gasteiger partial charge in [0.05, 0.1) is 16.3 Å². The van der Waals surface area contributed by atoms with Crippen LogP contribution in [0, 0.1) is 0 Å². The minimum Gasteiger partial charge on any atom is -0.365 e. The Morgan fingerprint density at radius 1 is 1.40 bits per heavy atom. The molecular weight excluding hydrogens is 371 g/mol. The van der Waals surface area contributed by atoms with Crippen molar-refractivity contribution in [2.75, 3.05) is 18.9 Å². The first-order valence-corrected chi connectivity index (χ1v) is 9.27. The summed E-state index contributed by atoms with van der Waals surface area (Å²) in [7, 11) is 1.76. The Hall–Kier alpha value is -1.31. The molecule has 1 aromatic carbocycles. The van der Waals surface area contributed by atoms with E-state index in [-0.39, 0.29) is 5.02 Å². The first-order chi connectivity index (χ1) is 11.8. The van der Waals surface area contributed by atoms with Crippen molar-refractivity contribution >= 4 is 28.1 Å². The second-order valence-corrected chi connectivity index (χ2v) is 7.69. The quantitative estimate of drug-likeness (QED) is 0.747. The number of hydrogen-bond acceptors (Lipinski definition) is 4. The zero-order valence-corrected chi connectivity index (χ0v) is 15.5. The summed E-state index contributed by atoms with van der Waals surface area (Å²) >= 11 is 7.22. The number of likely N-dealkylation sites (tertiary alicyclic amines) is 1. The van der Waals surface area contributed by atoms with E-state index in [2.05, 4.69) is 22.1 Å². The molecule has 0 radical (unpaired) electrons. The number of anilines is 1. The van der Waals surface area contributed by atoms with Gasteiger partial charge in [0.2, 0.25) is 0 Å². The van der Waals surface area contributed by atoms with Gasteiger partial charge in [0.1, 0.15) is 0 Å². The Labute approximate surface area is 153 Å². The van der Waals surface area contributed by atoms with Gasteiger partial charge in [0.25, 0.3) is 0 Å². The van der Waals surface area contributed by atoms with Gasteiger partial charge >= 0.3 is 6.18 Å². The first kappa shape index (κ1) is 18.5. The van der Waals surface area contributed by atoms with Crippen molar-refractivity contribution in [2.45, 2.75) is 38.5 Å². The fourth-order valence-corrected chi connectivity index (χ4v) is 4.28. The molecule has 2 aromatic rings. The third kappa shape index (κ3) is 3.93. The topological polar surface area (TPSA) is 28.2 Å². The van der Waals surface area contributed by atoms with E-state index in [1.54, 1.807) is 13.1 Å². The molecule has 1 unspecified atom stereocenters. The molecule has 25 heavy (non-hydrogen) atoms. The summed E-state index contributed by atoms with van der Waals surface area (Å²) in [6.45, 7) is 3.87. The van der Waals surface area contributed by atoms with Crippen LogP contribution in [0.2, 0.25) is 5.02 Å². The molecule has 1 aliphatic heterocycles. The summed E-state index contributed by atoms with van der Waals surface area (Å²) in [6, 6.07) is 4.46. The first-order valence-electron chi connectivity index (χ1n) is 8.08. The lowest BCUT2D eigenvalue weighted by Gasteiger charge is -2.20. The monoisotopic (exact) mass is 389 g/mol. The number of nitrogens with zero attached hydrogens (tertiary/aromatic N) is 2. The Bertz CT molecular complexity index is 760. The van der Waals surface area contributed by atoms with E-state index < -0.39 is 11.7 Å². The maximum atomic E-state index is 13.2. The van der Waals surface area contributed by atoms with Gasteiger partial charge in [-0.25, -0.2) is 4.98 Å². The molecular formula is C17H19ClF3N3S. The zero-order valence-electron chi connectivity index (χ0n) is 14.0. The average Bonchev–Trinajstić information content (AvgIpc) is 3.14. The highest BCUT2D eigenvalue weighted by Crippen LogP contribution is 2.39. The molecule has 2 heterocycles. The Morgan fingerprint density at radius 3 is 2.76 bits per heavy atom. The smallest absolute Gasteiger partial charge is 0.365 e. The number of alkyl halides is 3. The molecule has 0 aliphatic carbocycles. The average molecular weight is 390 g/mol. The van der Waals surface area contributed by atoms with E-state index >= 15 is 0 Å². The van der Waals surface area contributed by atoms with E-state index in [0.717, 1.165) is 30.3 Å². The summed E-state index contributed by atoms with van der Waals surface area (Å²) < 4.78 is 39.5. The van der Waals surface area contributed by atoms with Crippen molar-refractivity contribution in [1.82, 2.24) is 9.88 Å². The lowest BCUT2D eigenvalue weighted by atomic mass is 10.1. The van der Waals surface area contributed by atoms with Crippen LogP contribution in [0.3, 0.4) is 0 Å². The number of nitrogens with one attached hydrogen (secondary N) is 1. The predicted molar refractivity (Wildman–Crippen MR) is 96.2 cm³/mol. The van der Waals surface area contributed by atoms with Gasteiger partial charge in [0, 0.05) is 30.1 Å². The Morgan fingerprint density at radius 2 is 2.16 bits per heavy atom. The molecule has 1 N–H and O–H groups in total. The minimum absolute atomic E-state index is 0.296. The maximum absolute atomic E-state index is 13.2. The Kier molecular flexibility index (Phi) is 5.27.